The molecule has 0 radical (unpaired) electrons. The van der Waals surface area contributed by atoms with Crippen molar-refractivity contribution in [1.29, 1.82) is 0 Å². The molecule has 1 aromatic rings. The molecule has 0 aliphatic heterocycles. The zero-order chi connectivity index (χ0) is 18.5. The monoisotopic (exact) mass is 362 g/mol. The van der Waals surface area contributed by atoms with E-state index in [2.05, 4.69) is 19.1 Å². The van der Waals surface area contributed by atoms with E-state index >= 15 is 0 Å². The first-order valence-electron chi connectivity index (χ1n) is 10.3. The molecule has 1 nitrogen and oxygen atoms in total. The molecule has 0 bridgehead atoms. The van der Waals surface area contributed by atoms with E-state index in [4.69, 9.17) is 4.74 Å². The van der Waals surface area contributed by atoms with Crippen LogP contribution in [0.3, 0.4) is 0 Å². The van der Waals surface area contributed by atoms with E-state index < -0.39 is 11.6 Å². The normalized spacial score (nSPS) is 29.8. The van der Waals surface area contributed by atoms with E-state index in [1.165, 1.54) is 39.2 Å². The summed E-state index contributed by atoms with van der Waals surface area (Å²) in [5.41, 5.74) is 0.539. The maximum absolute atomic E-state index is 14.4. The predicted octanol–water partition coefficient (Wildman–Crippen LogP) is 7.02. The molecule has 0 spiro atoms. The molecule has 2 aliphatic carbocycles. The number of halogens is 2. The number of ether oxygens (including phenoxy) is 1. The third-order valence-electron chi connectivity index (χ3n) is 6.77. The number of allylic oxidation sites excluding steroid dienone is 2. The van der Waals surface area contributed by atoms with Gasteiger partial charge in [-0.3, -0.25) is 0 Å². The summed E-state index contributed by atoms with van der Waals surface area (Å²) in [6.45, 7) is 2.10. The average molecular weight is 363 g/mol. The van der Waals surface area contributed by atoms with E-state index in [9.17, 15) is 8.78 Å². The van der Waals surface area contributed by atoms with Gasteiger partial charge in [0.25, 0.3) is 0 Å². The van der Waals surface area contributed by atoms with Crippen molar-refractivity contribution in [2.75, 3.05) is 7.11 Å². The fraction of sp³-hybridized carbons (Fsp3) is 0.652. The molecule has 1 aromatic carbocycles. The lowest BCUT2D eigenvalue weighted by Crippen LogP contribution is -2.25. The molecule has 144 valence electrons. The van der Waals surface area contributed by atoms with Crippen molar-refractivity contribution in [1.82, 2.24) is 0 Å². The van der Waals surface area contributed by atoms with Gasteiger partial charge in [0.1, 0.15) is 0 Å². The molecule has 0 N–H and O–H groups in total. The fourth-order valence-corrected chi connectivity index (χ4v) is 5.15. The summed E-state index contributed by atoms with van der Waals surface area (Å²) >= 11 is 0. The first-order chi connectivity index (χ1) is 12.6. The predicted molar refractivity (Wildman–Crippen MR) is 102 cm³/mol. The van der Waals surface area contributed by atoms with Crippen molar-refractivity contribution in [2.24, 2.45) is 17.8 Å². The number of hydrogen-bond acceptors (Lipinski definition) is 1. The van der Waals surface area contributed by atoms with Gasteiger partial charge in [-0.1, -0.05) is 18.2 Å². The van der Waals surface area contributed by atoms with Crippen LogP contribution in [0, 0.1) is 29.4 Å². The Bertz CT molecular complexity index is 609. The quantitative estimate of drug-likeness (QED) is 0.511. The highest BCUT2D eigenvalue weighted by Gasteiger charge is 2.32. The van der Waals surface area contributed by atoms with Gasteiger partial charge < -0.3 is 4.74 Å². The minimum absolute atomic E-state index is 0.00499. The average Bonchev–Trinajstić information content (AvgIpc) is 2.69. The highest BCUT2D eigenvalue weighted by Crippen LogP contribution is 2.45. The molecular weight excluding hydrogens is 330 g/mol. The summed E-state index contributed by atoms with van der Waals surface area (Å²) in [5, 5.41) is 0. The molecule has 26 heavy (non-hydrogen) atoms. The zero-order valence-corrected chi connectivity index (χ0v) is 16.1. The Kier molecular flexibility index (Phi) is 6.72. The van der Waals surface area contributed by atoms with E-state index in [1.807, 2.05) is 0 Å². The van der Waals surface area contributed by atoms with Crippen molar-refractivity contribution in [3.05, 3.63) is 41.5 Å². The lowest BCUT2D eigenvalue weighted by atomic mass is 9.68. The van der Waals surface area contributed by atoms with Gasteiger partial charge in [-0.15, -0.1) is 0 Å². The topological polar surface area (TPSA) is 9.23 Å². The Labute approximate surface area is 156 Å². The van der Waals surface area contributed by atoms with Gasteiger partial charge in [-0.05, 0) is 100 Å². The number of hydrogen-bond donors (Lipinski definition) is 0. The molecule has 0 amide bonds. The van der Waals surface area contributed by atoms with Crippen molar-refractivity contribution >= 4 is 0 Å². The van der Waals surface area contributed by atoms with Crippen molar-refractivity contribution in [3.8, 4) is 5.75 Å². The van der Waals surface area contributed by atoms with E-state index in [-0.39, 0.29) is 11.7 Å². The second kappa shape index (κ2) is 9.01. The van der Waals surface area contributed by atoms with Crippen LogP contribution in [0.25, 0.3) is 0 Å². The van der Waals surface area contributed by atoms with Crippen LogP contribution in [-0.2, 0) is 0 Å². The van der Waals surface area contributed by atoms with Crippen molar-refractivity contribution in [3.63, 3.8) is 0 Å². The summed E-state index contributed by atoms with van der Waals surface area (Å²) in [4.78, 5) is 0. The molecule has 2 fully saturated rings. The van der Waals surface area contributed by atoms with Crippen LogP contribution >= 0.6 is 0 Å². The highest BCUT2D eigenvalue weighted by atomic mass is 19.2. The summed E-state index contributed by atoms with van der Waals surface area (Å²) in [6, 6.07) is 3.28. The second-order valence-corrected chi connectivity index (χ2v) is 8.18. The zero-order valence-electron chi connectivity index (χ0n) is 16.1. The van der Waals surface area contributed by atoms with Gasteiger partial charge >= 0.3 is 0 Å². The number of rotatable bonds is 5. The summed E-state index contributed by atoms with van der Waals surface area (Å²) < 4.78 is 33.3. The van der Waals surface area contributed by atoms with Gasteiger partial charge in [0.05, 0.1) is 7.11 Å². The van der Waals surface area contributed by atoms with Crippen LogP contribution in [0.1, 0.15) is 76.2 Å². The van der Waals surface area contributed by atoms with E-state index in [0.717, 1.165) is 43.4 Å². The summed E-state index contributed by atoms with van der Waals surface area (Å²) in [5.74, 6) is 1.08. The second-order valence-electron chi connectivity index (χ2n) is 8.18. The standard InChI is InChI=1S/C23H32F2O/c1-3-4-5-16-6-8-17(9-7-16)18-10-12-19(13-11-18)20-14-15-21(26-2)23(25)22(20)24/h3-4,14-19H,5-13H2,1-2H3/b4-3+. The van der Waals surface area contributed by atoms with Crippen LogP contribution < -0.4 is 4.74 Å². The molecular formula is C23H32F2O. The molecule has 0 atom stereocenters. The maximum Gasteiger partial charge on any atom is 0.200 e. The summed E-state index contributed by atoms with van der Waals surface area (Å²) in [7, 11) is 1.37. The molecule has 3 rings (SSSR count). The molecule has 0 heterocycles. The van der Waals surface area contributed by atoms with Crippen LogP contribution in [0.2, 0.25) is 0 Å². The van der Waals surface area contributed by atoms with Crippen LogP contribution in [0.4, 0.5) is 8.78 Å². The largest absolute Gasteiger partial charge is 0.494 e. The molecule has 0 aromatic heterocycles. The first-order valence-corrected chi connectivity index (χ1v) is 10.3. The van der Waals surface area contributed by atoms with E-state index in [1.54, 1.807) is 12.1 Å². The van der Waals surface area contributed by atoms with Gasteiger partial charge in [0.2, 0.25) is 5.82 Å². The van der Waals surface area contributed by atoms with Gasteiger partial charge in [0, 0.05) is 0 Å². The van der Waals surface area contributed by atoms with Crippen LogP contribution in [0.15, 0.2) is 24.3 Å². The minimum atomic E-state index is -0.841. The lowest BCUT2D eigenvalue weighted by Gasteiger charge is -2.38. The molecule has 2 aliphatic rings. The number of benzene rings is 1. The Balaban J connectivity index is 1.53. The van der Waals surface area contributed by atoms with Crippen LogP contribution in [0.5, 0.6) is 5.75 Å². The first kappa shape index (κ1) is 19.4. The van der Waals surface area contributed by atoms with E-state index in [0.29, 0.717) is 5.56 Å². The fourth-order valence-electron chi connectivity index (χ4n) is 5.15. The van der Waals surface area contributed by atoms with Gasteiger partial charge in [-0.2, -0.15) is 4.39 Å². The molecule has 2 saturated carbocycles. The molecule has 0 saturated heterocycles. The lowest BCUT2D eigenvalue weighted by molar-refractivity contribution is 0.160. The third kappa shape index (κ3) is 4.29. The van der Waals surface area contributed by atoms with Crippen LogP contribution in [-0.4, -0.2) is 7.11 Å². The molecule has 3 heteroatoms. The Morgan fingerprint density at radius 3 is 2.12 bits per heavy atom. The SMILES string of the molecule is C/C=C/CC1CCC(C2CCC(c3ccc(OC)c(F)c3F)CC2)CC1. The smallest absolute Gasteiger partial charge is 0.200 e. The van der Waals surface area contributed by atoms with Gasteiger partial charge in [0.15, 0.2) is 11.6 Å². The Morgan fingerprint density at radius 1 is 0.923 bits per heavy atom. The Morgan fingerprint density at radius 2 is 1.54 bits per heavy atom. The van der Waals surface area contributed by atoms with Crippen molar-refractivity contribution < 1.29 is 13.5 Å². The summed E-state index contributed by atoms with van der Waals surface area (Å²) in [6.07, 6.45) is 15.4. The Hall–Kier alpha value is -1.38. The maximum atomic E-state index is 14.4. The minimum Gasteiger partial charge on any atom is -0.494 e. The van der Waals surface area contributed by atoms with Crippen molar-refractivity contribution in [2.45, 2.75) is 70.6 Å². The molecule has 0 unspecified atom stereocenters. The third-order valence-corrected chi connectivity index (χ3v) is 6.77. The highest BCUT2D eigenvalue weighted by molar-refractivity contribution is 5.33. The number of methoxy groups -OCH3 is 1. The van der Waals surface area contributed by atoms with Gasteiger partial charge in [-0.25, -0.2) is 4.39 Å².